The lowest BCUT2D eigenvalue weighted by Crippen LogP contribution is -2.16. The van der Waals surface area contributed by atoms with Gasteiger partial charge in [0.2, 0.25) is 0 Å². The van der Waals surface area contributed by atoms with Crippen LogP contribution in [0.1, 0.15) is 31.8 Å². The van der Waals surface area contributed by atoms with Crippen LogP contribution in [0.3, 0.4) is 0 Å². The standard InChI is InChI=1S/C17H20ClN5O3/c1-4-6-14-19-10(3)15-17(24)20-16(21-23(14)15)12-9-11(22-26-18)7-8-13(12)25-5-2/h7-9,22H,4-6H2,1-3H3,(H,20,21,24). The van der Waals surface area contributed by atoms with E-state index in [1.807, 2.05) is 6.92 Å². The van der Waals surface area contributed by atoms with Gasteiger partial charge in [0.1, 0.15) is 11.6 Å². The van der Waals surface area contributed by atoms with Crippen LogP contribution in [0.2, 0.25) is 0 Å². The summed E-state index contributed by atoms with van der Waals surface area (Å²) in [7, 11) is 0. The Morgan fingerprint density at radius 1 is 1.35 bits per heavy atom. The van der Waals surface area contributed by atoms with E-state index in [1.54, 1.807) is 29.6 Å². The van der Waals surface area contributed by atoms with Crippen molar-refractivity contribution in [1.82, 2.24) is 19.6 Å². The highest BCUT2D eigenvalue weighted by molar-refractivity contribution is 6.07. The number of hydrogen-bond acceptors (Lipinski definition) is 6. The molecule has 9 heteroatoms. The molecule has 0 bridgehead atoms. The van der Waals surface area contributed by atoms with Crippen molar-refractivity contribution in [1.29, 1.82) is 0 Å². The van der Waals surface area contributed by atoms with E-state index in [2.05, 4.69) is 31.9 Å². The quantitative estimate of drug-likeness (QED) is 0.614. The fourth-order valence-electron chi connectivity index (χ4n) is 2.85. The van der Waals surface area contributed by atoms with Crippen LogP contribution in [0, 0.1) is 6.92 Å². The smallest absolute Gasteiger partial charge is 0.277 e. The molecule has 0 aliphatic carbocycles. The van der Waals surface area contributed by atoms with Crippen LogP contribution >= 0.6 is 11.9 Å². The fourth-order valence-corrected chi connectivity index (χ4v) is 2.94. The molecule has 26 heavy (non-hydrogen) atoms. The highest BCUT2D eigenvalue weighted by Crippen LogP contribution is 2.30. The van der Waals surface area contributed by atoms with E-state index in [4.69, 9.17) is 16.6 Å². The van der Waals surface area contributed by atoms with E-state index in [1.165, 1.54) is 0 Å². The number of halogens is 1. The summed E-state index contributed by atoms with van der Waals surface area (Å²) in [5.41, 5.74) is 4.61. The van der Waals surface area contributed by atoms with E-state index in [-0.39, 0.29) is 5.56 Å². The van der Waals surface area contributed by atoms with Crippen LogP contribution < -0.4 is 15.8 Å². The number of fused-ring (bicyclic) bond motifs is 1. The van der Waals surface area contributed by atoms with Crippen LogP contribution in [-0.4, -0.2) is 26.2 Å². The first-order valence-corrected chi connectivity index (χ1v) is 8.69. The van der Waals surface area contributed by atoms with Gasteiger partial charge in [0.05, 0.1) is 35.4 Å². The minimum Gasteiger partial charge on any atom is -0.493 e. The van der Waals surface area contributed by atoms with Gasteiger partial charge in [-0.05, 0) is 38.5 Å². The third kappa shape index (κ3) is 3.38. The van der Waals surface area contributed by atoms with Crippen molar-refractivity contribution in [3.63, 3.8) is 0 Å². The average molecular weight is 378 g/mol. The molecule has 0 unspecified atom stereocenters. The topological polar surface area (TPSA) is 93.5 Å². The Morgan fingerprint density at radius 3 is 2.85 bits per heavy atom. The molecule has 0 fully saturated rings. The minimum atomic E-state index is -0.253. The van der Waals surface area contributed by atoms with Gasteiger partial charge in [-0.25, -0.2) is 15.0 Å². The zero-order chi connectivity index (χ0) is 18.7. The van der Waals surface area contributed by atoms with E-state index in [0.717, 1.165) is 18.7 Å². The Kier molecular flexibility index (Phi) is 5.43. The van der Waals surface area contributed by atoms with E-state index in [0.29, 0.717) is 40.6 Å². The van der Waals surface area contributed by atoms with Gasteiger partial charge in [-0.15, -0.1) is 5.10 Å². The van der Waals surface area contributed by atoms with Crippen molar-refractivity contribution in [2.45, 2.75) is 33.6 Å². The van der Waals surface area contributed by atoms with Gasteiger partial charge >= 0.3 is 0 Å². The number of anilines is 1. The molecule has 0 amide bonds. The zero-order valence-electron chi connectivity index (χ0n) is 14.8. The van der Waals surface area contributed by atoms with Crippen molar-refractivity contribution in [3.05, 3.63) is 40.1 Å². The molecule has 0 atom stereocenters. The average Bonchev–Trinajstić information content (AvgIpc) is 2.93. The number of benzene rings is 1. The number of ether oxygens (including phenoxy) is 1. The Balaban J connectivity index is 2.22. The predicted octanol–water partition coefficient (Wildman–Crippen LogP) is 3.24. The highest BCUT2D eigenvalue weighted by Gasteiger charge is 2.17. The number of aromatic nitrogens is 4. The van der Waals surface area contributed by atoms with Crippen LogP contribution in [0.15, 0.2) is 23.0 Å². The molecule has 0 radical (unpaired) electrons. The lowest BCUT2D eigenvalue weighted by molar-refractivity contribution is 0.341. The van der Waals surface area contributed by atoms with Crippen molar-refractivity contribution in [3.8, 4) is 17.1 Å². The maximum absolute atomic E-state index is 12.6. The molecule has 138 valence electrons. The lowest BCUT2D eigenvalue weighted by atomic mass is 10.1. The Morgan fingerprint density at radius 2 is 2.15 bits per heavy atom. The van der Waals surface area contributed by atoms with Crippen molar-refractivity contribution in [2.75, 3.05) is 12.1 Å². The highest BCUT2D eigenvalue weighted by atomic mass is 35.5. The van der Waals surface area contributed by atoms with Gasteiger partial charge in [0, 0.05) is 6.42 Å². The van der Waals surface area contributed by atoms with Gasteiger partial charge in [0.15, 0.2) is 11.3 Å². The fraction of sp³-hybridized carbons (Fsp3) is 0.353. The number of nitrogens with one attached hydrogen (secondary N) is 2. The van der Waals surface area contributed by atoms with Crippen molar-refractivity contribution in [2.24, 2.45) is 0 Å². The molecule has 2 N–H and O–H groups in total. The number of rotatable bonds is 7. The molecule has 0 spiro atoms. The normalized spacial score (nSPS) is 11.1. The third-order valence-electron chi connectivity index (χ3n) is 3.91. The van der Waals surface area contributed by atoms with Gasteiger partial charge in [-0.3, -0.25) is 4.79 Å². The first-order valence-electron chi connectivity index (χ1n) is 8.38. The second-order valence-corrected chi connectivity index (χ2v) is 5.90. The third-order valence-corrected chi connectivity index (χ3v) is 3.98. The Bertz CT molecular complexity index is 982. The molecule has 1 aromatic carbocycles. The summed E-state index contributed by atoms with van der Waals surface area (Å²) in [6.45, 7) is 6.22. The molecule has 8 nitrogen and oxygen atoms in total. The summed E-state index contributed by atoms with van der Waals surface area (Å²) >= 11 is 5.27. The molecule has 0 aliphatic rings. The second kappa shape index (κ2) is 7.76. The molecular formula is C17H20ClN5O3. The van der Waals surface area contributed by atoms with E-state index < -0.39 is 0 Å². The predicted molar refractivity (Wildman–Crippen MR) is 99.5 cm³/mol. The van der Waals surface area contributed by atoms with Crippen LogP contribution in [0.4, 0.5) is 5.69 Å². The summed E-state index contributed by atoms with van der Waals surface area (Å²) in [6.07, 6.45) is 1.63. The van der Waals surface area contributed by atoms with Crippen molar-refractivity contribution < 1.29 is 9.13 Å². The number of nitrogens with zero attached hydrogens (tertiary/aromatic N) is 3. The molecule has 2 aromatic heterocycles. The summed E-state index contributed by atoms with van der Waals surface area (Å²) in [4.78, 5) is 19.9. The SMILES string of the molecule is CCCc1nc(C)c2c(=O)[nH]c(-c3cc(NOCl)ccc3OCC)nn12. The largest absolute Gasteiger partial charge is 0.493 e. The maximum atomic E-state index is 12.6. The van der Waals surface area contributed by atoms with Crippen LogP contribution in [-0.2, 0) is 10.8 Å². The number of imidazole rings is 1. The molecule has 0 aliphatic heterocycles. The number of aryl methyl sites for hydroxylation is 2. The summed E-state index contributed by atoms with van der Waals surface area (Å²) in [5.74, 6) is 1.71. The first kappa shape index (κ1) is 18.2. The zero-order valence-corrected chi connectivity index (χ0v) is 15.6. The first-order chi connectivity index (χ1) is 12.6. The number of aromatic amines is 1. The Hall–Kier alpha value is -2.58. The van der Waals surface area contributed by atoms with E-state index >= 15 is 0 Å². The summed E-state index contributed by atoms with van der Waals surface area (Å²) in [6, 6.07) is 5.24. The maximum Gasteiger partial charge on any atom is 0.277 e. The number of hydrogen-bond donors (Lipinski definition) is 2. The molecule has 0 saturated heterocycles. The molecule has 2 heterocycles. The Labute approximate surface area is 155 Å². The second-order valence-electron chi connectivity index (χ2n) is 5.75. The van der Waals surface area contributed by atoms with Gasteiger partial charge in [-0.1, -0.05) is 6.92 Å². The monoisotopic (exact) mass is 377 g/mol. The molecule has 0 saturated carbocycles. The van der Waals surface area contributed by atoms with Gasteiger partial charge in [0.25, 0.3) is 5.56 Å². The molecule has 3 rings (SSSR count). The minimum absolute atomic E-state index is 0.253. The van der Waals surface area contributed by atoms with Crippen LogP contribution in [0.25, 0.3) is 16.9 Å². The summed E-state index contributed by atoms with van der Waals surface area (Å²) < 4.78 is 11.7. The van der Waals surface area contributed by atoms with Gasteiger partial charge in [-0.2, -0.15) is 4.39 Å². The summed E-state index contributed by atoms with van der Waals surface area (Å²) in [5, 5.41) is 4.61. The van der Waals surface area contributed by atoms with Crippen molar-refractivity contribution >= 4 is 23.1 Å². The lowest BCUT2D eigenvalue weighted by Gasteiger charge is -2.12. The number of H-pyrrole nitrogens is 1. The molecule has 3 aromatic rings. The van der Waals surface area contributed by atoms with Crippen LogP contribution in [0.5, 0.6) is 5.75 Å². The molecular weight excluding hydrogens is 358 g/mol. The van der Waals surface area contributed by atoms with E-state index in [9.17, 15) is 4.79 Å². The van der Waals surface area contributed by atoms with Gasteiger partial charge < -0.3 is 9.72 Å².